The van der Waals surface area contributed by atoms with Gasteiger partial charge in [-0.25, -0.2) is 4.98 Å². The summed E-state index contributed by atoms with van der Waals surface area (Å²) in [7, 11) is 0. The molecule has 90 valence electrons. The number of rotatable bonds is 3. The van der Waals surface area contributed by atoms with E-state index in [0.29, 0.717) is 12.1 Å². The molecule has 2 nitrogen and oxygen atoms in total. The van der Waals surface area contributed by atoms with Gasteiger partial charge < -0.3 is 5.32 Å². The average Bonchev–Trinajstić information content (AvgIpc) is 2.54. The fourth-order valence-corrected chi connectivity index (χ4v) is 3.25. The molecule has 0 aliphatic heterocycles. The quantitative estimate of drug-likeness (QED) is 0.810. The van der Waals surface area contributed by atoms with E-state index in [1.165, 1.54) is 43.5 Å². The number of aryl methyl sites for hydroxylation is 1. The van der Waals surface area contributed by atoms with E-state index in [4.69, 9.17) is 0 Å². The molecule has 1 aromatic heterocycles. The first-order chi connectivity index (χ1) is 7.75. The van der Waals surface area contributed by atoms with Crippen molar-refractivity contribution in [3.63, 3.8) is 0 Å². The molecule has 1 atom stereocenters. The number of thiazole rings is 1. The maximum Gasteiger partial charge on any atom is 0.110 e. The van der Waals surface area contributed by atoms with Crippen LogP contribution in [0.15, 0.2) is 5.38 Å². The Morgan fingerprint density at radius 1 is 1.31 bits per heavy atom. The van der Waals surface area contributed by atoms with Gasteiger partial charge in [-0.1, -0.05) is 25.7 Å². The van der Waals surface area contributed by atoms with E-state index in [1.54, 1.807) is 11.3 Å². The van der Waals surface area contributed by atoms with Gasteiger partial charge in [0.2, 0.25) is 0 Å². The van der Waals surface area contributed by atoms with Crippen molar-refractivity contribution in [3.8, 4) is 0 Å². The molecule has 0 aromatic carbocycles. The second kappa shape index (κ2) is 5.78. The van der Waals surface area contributed by atoms with E-state index in [1.807, 2.05) is 0 Å². The number of nitrogens with zero attached hydrogens (tertiary/aromatic N) is 1. The molecule has 0 saturated heterocycles. The normalized spacial score (nSPS) is 20.6. The second-order valence-electron chi connectivity index (χ2n) is 4.90. The van der Waals surface area contributed by atoms with Gasteiger partial charge >= 0.3 is 0 Å². The van der Waals surface area contributed by atoms with Gasteiger partial charge in [0.25, 0.3) is 0 Å². The molecule has 1 heterocycles. The van der Waals surface area contributed by atoms with Crippen LogP contribution in [0, 0.1) is 6.92 Å². The third-order valence-corrected chi connectivity index (χ3v) is 4.49. The summed E-state index contributed by atoms with van der Waals surface area (Å²) >= 11 is 1.78. The lowest BCUT2D eigenvalue weighted by atomic mass is 10.1. The summed E-state index contributed by atoms with van der Waals surface area (Å²) < 4.78 is 0. The molecule has 1 fully saturated rings. The first-order valence-electron chi connectivity index (χ1n) is 6.44. The fourth-order valence-electron chi connectivity index (χ4n) is 2.44. The van der Waals surface area contributed by atoms with Gasteiger partial charge in [-0.2, -0.15) is 0 Å². The highest BCUT2D eigenvalue weighted by Crippen LogP contribution is 2.22. The molecule has 1 aliphatic rings. The van der Waals surface area contributed by atoms with Crippen LogP contribution in [0.4, 0.5) is 0 Å². The molecule has 1 N–H and O–H groups in total. The largest absolute Gasteiger partial charge is 0.305 e. The van der Waals surface area contributed by atoms with Gasteiger partial charge in [0.05, 0.1) is 6.04 Å². The number of hydrogen-bond donors (Lipinski definition) is 1. The second-order valence-corrected chi connectivity index (χ2v) is 5.79. The van der Waals surface area contributed by atoms with E-state index in [9.17, 15) is 0 Å². The van der Waals surface area contributed by atoms with E-state index >= 15 is 0 Å². The topological polar surface area (TPSA) is 24.9 Å². The van der Waals surface area contributed by atoms with E-state index < -0.39 is 0 Å². The number of hydrogen-bond acceptors (Lipinski definition) is 3. The minimum atomic E-state index is 0.418. The first kappa shape index (κ1) is 12.1. The lowest BCUT2D eigenvalue weighted by molar-refractivity contribution is 0.413. The molecule has 1 unspecified atom stereocenters. The zero-order chi connectivity index (χ0) is 11.4. The highest BCUT2D eigenvalue weighted by Gasteiger charge is 2.16. The Hall–Kier alpha value is -0.410. The van der Waals surface area contributed by atoms with Crippen LogP contribution in [0.2, 0.25) is 0 Å². The Morgan fingerprint density at radius 2 is 2.00 bits per heavy atom. The van der Waals surface area contributed by atoms with Crippen LogP contribution in [0.5, 0.6) is 0 Å². The summed E-state index contributed by atoms with van der Waals surface area (Å²) in [6.07, 6.45) is 8.30. The SMILES string of the molecule is Cc1csc(C(C)NC2CCCCCC2)n1. The molecule has 2 rings (SSSR count). The predicted octanol–water partition coefficient (Wildman–Crippen LogP) is 3.82. The number of aromatic nitrogens is 1. The summed E-state index contributed by atoms with van der Waals surface area (Å²) in [6, 6.07) is 1.13. The van der Waals surface area contributed by atoms with E-state index in [-0.39, 0.29) is 0 Å². The molecule has 0 radical (unpaired) electrons. The summed E-state index contributed by atoms with van der Waals surface area (Å²) in [4.78, 5) is 4.56. The van der Waals surface area contributed by atoms with Crippen LogP contribution < -0.4 is 5.32 Å². The van der Waals surface area contributed by atoms with Crippen LogP contribution in [-0.2, 0) is 0 Å². The molecular formula is C13H22N2S. The molecular weight excluding hydrogens is 216 g/mol. The van der Waals surface area contributed by atoms with Crippen molar-refractivity contribution in [1.29, 1.82) is 0 Å². The summed E-state index contributed by atoms with van der Waals surface area (Å²) in [5.74, 6) is 0. The molecule has 1 aromatic rings. The van der Waals surface area contributed by atoms with Gasteiger partial charge in [0, 0.05) is 17.1 Å². The first-order valence-corrected chi connectivity index (χ1v) is 7.32. The van der Waals surface area contributed by atoms with Gasteiger partial charge in [0.15, 0.2) is 0 Å². The van der Waals surface area contributed by atoms with Crippen molar-refractivity contribution in [2.45, 2.75) is 64.5 Å². The zero-order valence-electron chi connectivity index (χ0n) is 10.3. The average molecular weight is 238 g/mol. The van der Waals surface area contributed by atoms with Crippen LogP contribution >= 0.6 is 11.3 Å². The molecule has 0 spiro atoms. The van der Waals surface area contributed by atoms with Crippen LogP contribution in [-0.4, -0.2) is 11.0 Å². The number of nitrogens with one attached hydrogen (secondary N) is 1. The van der Waals surface area contributed by atoms with Crippen molar-refractivity contribution < 1.29 is 0 Å². The zero-order valence-corrected chi connectivity index (χ0v) is 11.1. The van der Waals surface area contributed by atoms with Gasteiger partial charge in [-0.15, -0.1) is 11.3 Å². The Kier molecular flexibility index (Phi) is 4.36. The fraction of sp³-hybridized carbons (Fsp3) is 0.769. The lowest BCUT2D eigenvalue weighted by Crippen LogP contribution is -2.30. The van der Waals surface area contributed by atoms with Crippen LogP contribution in [0.25, 0.3) is 0 Å². The van der Waals surface area contributed by atoms with E-state index in [2.05, 4.69) is 29.5 Å². The van der Waals surface area contributed by atoms with Crippen LogP contribution in [0.3, 0.4) is 0 Å². The summed E-state index contributed by atoms with van der Waals surface area (Å²) in [5, 5.41) is 7.11. The Labute approximate surface area is 102 Å². The molecule has 16 heavy (non-hydrogen) atoms. The summed E-state index contributed by atoms with van der Waals surface area (Å²) in [5.41, 5.74) is 1.15. The van der Waals surface area contributed by atoms with Crippen molar-refractivity contribution in [3.05, 3.63) is 16.1 Å². The van der Waals surface area contributed by atoms with Crippen LogP contribution in [0.1, 0.15) is 62.2 Å². The standard InChI is InChI=1S/C13H22N2S/c1-10-9-16-13(14-10)11(2)15-12-7-5-3-4-6-8-12/h9,11-12,15H,3-8H2,1-2H3. The Balaban J connectivity index is 1.88. The Morgan fingerprint density at radius 3 is 2.56 bits per heavy atom. The molecule has 3 heteroatoms. The van der Waals surface area contributed by atoms with Crippen molar-refractivity contribution in [2.75, 3.05) is 0 Å². The van der Waals surface area contributed by atoms with E-state index in [0.717, 1.165) is 5.69 Å². The van der Waals surface area contributed by atoms with Gasteiger partial charge in [-0.3, -0.25) is 0 Å². The maximum atomic E-state index is 4.56. The molecule has 1 saturated carbocycles. The third kappa shape index (κ3) is 3.29. The lowest BCUT2D eigenvalue weighted by Gasteiger charge is -2.20. The third-order valence-electron chi connectivity index (χ3n) is 3.35. The predicted molar refractivity (Wildman–Crippen MR) is 69.9 cm³/mol. The monoisotopic (exact) mass is 238 g/mol. The Bertz CT molecular complexity index is 313. The maximum absolute atomic E-state index is 4.56. The highest BCUT2D eigenvalue weighted by molar-refractivity contribution is 7.09. The van der Waals surface area contributed by atoms with Crippen molar-refractivity contribution in [1.82, 2.24) is 10.3 Å². The van der Waals surface area contributed by atoms with Crippen molar-refractivity contribution >= 4 is 11.3 Å². The van der Waals surface area contributed by atoms with Crippen molar-refractivity contribution in [2.24, 2.45) is 0 Å². The molecule has 0 bridgehead atoms. The summed E-state index contributed by atoms with van der Waals surface area (Å²) in [6.45, 7) is 4.31. The van der Waals surface area contributed by atoms with Gasteiger partial charge in [-0.05, 0) is 26.7 Å². The smallest absolute Gasteiger partial charge is 0.110 e. The minimum Gasteiger partial charge on any atom is -0.305 e. The highest BCUT2D eigenvalue weighted by atomic mass is 32.1. The van der Waals surface area contributed by atoms with Gasteiger partial charge in [0.1, 0.15) is 5.01 Å². The molecule has 1 aliphatic carbocycles. The minimum absolute atomic E-state index is 0.418. The molecule has 0 amide bonds.